The van der Waals surface area contributed by atoms with Crippen molar-refractivity contribution in [1.29, 1.82) is 0 Å². The maximum atomic E-state index is 11.8. The molecule has 1 unspecified atom stereocenters. The van der Waals surface area contributed by atoms with Crippen LogP contribution in [-0.4, -0.2) is 43.4 Å². The average Bonchev–Trinajstić information content (AvgIpc) is 2.35. The average molecular weight is 302 g/mol. The number of carbonyl (C=O) groups is 2. The Balaban J connectivity index is 4.04. The highest BCUT2D eigenvalue weighted by molar-refractivity contribution is 5.74. The second kappa shape index (κ2) is 9.60. The maximum Gasteiger partial charge on any atom is 0.315 e. The van der Waals surface area contributed by atoms with Gasteiger partial charge in [0.1, 0.15) is 0 Å². The van der Waals surface area contributed by atoms with Crippen molar-refractivity contribution < 1.29 is 19.4 Å². The molecule has 0 aliphatic heterocycles. The number of nitrogens with one attached hydrogen (secondary N) is 2. The van der Waals surface area contributed by atoms with E-state index in [1.54, 1.807) is 7.11 Å². The molecule has 0 saturated heterocycles. The van der Waals surface area contributed by atoms with Crippen LogP contribution >= 0.6 is 0 Å². The van der Waals surface area contributed by atoms with Crippen LogP contribution in [-0.2, 0) is 9.53 Å². The molecule has 0 aromatic rings. The molecule has 6 heteroatoms. The highest BCUT2D eigenvalue weighted by Gasteiger charge is 2.20. The van der Waals surface area contributed by atoms with Crippen molar-refractivity contribution in [2.75, 3.05) is 20.3 Å². The third-order valence-electron chi connectivity index (χ3n) is 3.57. The lowest BCUT2D eigenvalue weighted by Crippen LogP contribution is -2.47. The van der Waals surface area contributed by atoms with Gasteiger partial charge in [-0.3, -0.25) is 4.79 Å². The van der Waals surface area contributed by atoms with Crippen LogP contribution < -0.4 is 10.6 Å². The van der Waals surface area contributed by atoms with E-state index in [0.29, 0.717) is 25.5 Å². The first-order valence-corrected chi connectivity index (χ1v) is 7.43. The minimum absolute atomic E-state index is 0.0185. The van der Waals surface area contributed by atoms with Crippen LogP contribution in [0.5, 0.6) is 0 Å². The highest BCUT2D eigenvalue weighted by atomic mass is 16.5. The standard InChI is InChI=1S/C15H30N2O4/c1-11(2)12(10-21-5)17-14(20)16-9-8-15(3,4)7-6-13(18)19/h11-12H,6-10H2,1-5H3,(H,18,19)(H2,16,17,20). The lowest BCUT2D eigenvalue weighted by Gasteiger charge is -2.25. The summed E-state index contributed by atoms with van der Waals surface area (Å²) in [6, 6.07) is -0.227. The molecule has 0 aliphatic rings. The normalized spacial score (nSPS) is 13.0. The van der Waals surface area contributed by atoms with E-state index in [2.05, 4.69) is 10.6 Å². The molecule has 1 atom stereocenters. The number of carboxylic acid groups (broad SMARTS) is 1. The van der Waals surface area contributed by atoms with Crippen LogP contribution in [0.3, 0.4) is 0 Å². The van der Waals surface area contributed by atoms with Crippen molar-refractivity contribution in [2.45, 2.75) is 53.0 Å². The molecule has 0 rings (SSSR count). The number of aliphatic carboxylic acids is 1. The fraction of sp³-hybridized carbons (Fsp3) is 0.867. The molecular weight excluding hydrogens is 272 g/mol. The number of ether oxygens (including phenoxy) is 1. The van der Waals surface area contributed by atoms with Gasteiger partial charge in [0.2, 0.25) is 0 Å². The molecule has 3 N–H and O–H groups in total. The van der Waals surface area contributed by atoms with Gasteiger partial charge in [-0.05, 0) is 24.2 Å². The molecule has 2 amide bonds. The molecular formula is C15H30N2O4. The summed E-state index contributed by atoms with van der Waals surface area (Å²) in [4.78, 5) is 22.4. The first kappa shape index (κ1) is 19.7. The van der Waals surface area contributed by atoms with Crippen LogP contribution in [0.1, 0.15) is 47.0 Å². The molecule has 0 saturated carbocycles. The van der Waals surface area contributed by atoms with Crippen molar-refractivity contribution in [3.63, 3.8) is 0 Å². The summed E-state index contributed by atoms with van der Waals surface area (Å²) in [5.74, 6) is -0.490. The largest absolute Gasteiger partial charge is 0.481 e. The summed E-state index contributed by atoms with van der Waals surface area (Å²) in [5.41, 5.74) is -0.102. The minimum Gasteiger partial charge on any atom is -0.481 e. The summed E-state index contributed by atoms with van der Waals surface area (Å²) in [6.45, 7) is 9.08. The van der Waals surface area contributed by atoms with Crippen molar-refractivity contribution in [3.05, 3.63) is 0 Å². The zero-order chi connectivity index (χ0) is 16.5. The van der Waals surface area contributed by atoms with Gasteiger partial charge in [0.15, 0.2) is 0 Å². The Morgan fingerprint density at radius 3 is 2.33 bits per heavy atom. The van der Waals surface area contributed by atoms with Gasteiger partial charge in [0.05, 0.1) is 12.6 Å². The molecule has 0 aromatic carbocycles. The van der Waals surface area contributed by atoms with E-state index in [-0.39, 0.29) is 23.9 Å². The molecule has 124 valence electrons. The minimum atomic E-state index is -0.784. The van der Waals surface area contributed by atoms with E-state index in [1.807, 2.05) is 27.7 Å². The number of amides is 2. The number of carboxylic acids is 1. The Bertz CT molecular complexity index is 330. The van der Waals surface area contributed by atoms with Crippen LogP contribution in [0, 0.1) is 11.3 Å². The second-order valence-electron chi connectivity index (χ2n) is 6.51. The molecule has 0 bridgehead atoms. The number of hydrogen-bond donors (Lipinski definition) is 3. The fourth-order valence-corrected chi connectivity index (χ4v) is 1.88. The van der Waals surface area contributed by atoms with Gasteiger partial charge in [-0.25, -0.2) is 4.79 Å². The third kappa shape index (κ3) is 10.1. The Labute approximate surface area is 127 Å². The number of carbonyl (C=O) groups excluding carboxylic acids is 1. The van der Waals surface area contributed by atoms with Crippen LogP contribution in [0.15, 0.2) is 0 Å². The Morgan fingerprint density at radius 1 is 1.24 bits per heavy atom. The topological polar surface area (TPSA) is 87.7 Å². The predicted molar refractivity (Wildman–Crippen MR) is 82.3 cm³/mol. The first-order chi connectivity index (χ1) is 9.68. The smallest absolute Gasteiger partial charge is 0.315 e. The van der Waals surface area contributed by atoms with Crippen LogP contribution in [0.25, 0.3) is 0 Å². The quantitative estimate of drug-likeness (QED) is 0.577. The number of rotatable bonds is 10. The zero-order valence-electron chi connectivity index (χ0n) is 13.9. The summed E-state index contributed by atoms with van der Waals surface area (Å²) in [7, 11) is 1.61. The molecule has 0 heterocycles. The monoisotopic (exact) mass is 302 g/mol. The van der Waals surface area contributed by atoms with Gasteiger partial charge in [-0.1, -0.05) is 27.7 Å². The van der Waals surface area contributed by atoms with E-state index in [9.17, 15) is 9.59 Å². The van der Waals surface area contributed by atoms with E-state index < -0.39 is 5.97 Å². The van der Waals surface area contributed by atoms with E-state index >= 15 is 0 Å². The summed E-state index contributed by atoms with van der Waals surface area (Å²) in [6.07, 6.45) is 1.50. The van der Waals surface area contributed by atoms with Crippen LogP contribution in [0.2, 0.25) is 0 Å². The van der Waals surface area contributed by atoms with Gasteiger partial charge >= 0.3 is 12.0 Å². The summed E-state index contributed by atoms with van der Waals surface area (Å²) < 4.78 is 5.08. The molecule has 21 heavy (non-hydrogen) atoms. The Kier molecular flexibility index (Phi) is 9.01. The van der Waals surface area contributed by atoms with Crippen LogP contribution in [0.4, 0.5) is 4.79 Å². The predicted octanol–water partition coefficient (Wildman–Crippen LogP) is 2.24. The zero-order valence-corrected chi connectivity index (χ0v) is 13.9. The summed E-state index contributed by atoms with van der Waals surface area (Å²) in [5, 5.41) is 14.4. The van der Waals surface area contributed by atoms with Gasteiger partial charge < -0.3 is 20.5 Å². The van der Waals surface area contributed by atoms with Gasteiger partial charge in [0.25, 0.3) is 0 Å². The van der Waals surface area contributed by atoms with Gasteiger partial charge in [0, 0.05) is 20.1 Å². The number of methoxy groups -OCH3 is 1. The van der Waals surface area contributed by atoms with Crippen molar-refractivity contribution >= 4 is 12.0 Å². The molecule has 0 aromatic heterocycles. The Hall–Kier alpha value is -1.30. The van der Waals surface area contributed by atoms with Crippen molar-refractivity contribution in [1.82, 2.24) is 10.6 Å². The molecule has 0 aliphatic carbocycles. The maximum absolute atomic E-state index is 11.8. The highest BCUT2D eigenvalue weighted by Crippen LogP contribution is 2.25. The third-order valence-corrected chi connectivity index (χ3v) is 3.57. The van der Waals surface area contributed by atoms with Gasteiger partial charge in [-0.2, -0.15) is 0 Å². The second-order valence-corrected chi connectivity index (χ2v) is 6.51. The van der Waals surface area contributed by atoms with Gasteiger partial charge in [-0.15, -0.1) is 0 Å². The number of urea groups is 1. The lowest BCUT2D eigenvalue weighted by molar-refractivity contribution is -0.137. The van der Waals surface area contributed by atoms with E-state index in [4.69, 9.17) is 9.84 Å². The number of hydrogen-bond acceptors (Lipinski definition) is 3. The van der Waals surface area contributed by atoms with Crippen molar-refractivity contribution in [3.8, 4) is 0 Å². The van der Waals surface area contributed by atoms with E-state index in [1.165, 1.54) is 0 Å². The van der Waals surface area contributed by atoms with Crippen molar-refractivity contribution in [2.24, 2.45) is 11.3 Å². The first-order valence-electron chi connectivity index (χ1n) is 7.43. The summed E-state index contributed by atoms with van der Waals surface area (Å²) >= 11 is 0. The SMILES string of the molecule is COCC(NC(=O)NCCC(C)(C)CCC(=O)O)C(C)C. The lowest BCUT2D eigenvalue weighted by atomic mass is 9.84. The fourth-order valence-electron chi connectivity index (χ4n) is 1.88. The Morgan fingerprint density at radius 2 is 1.86 bits per heavy atom. The molecule has 0 spiro atoms. The van der Waals surface area contributed by atoms with E-state index in [0.717, 1.165) is 6.42 Å². The molecule has 6 nitrogen and oxygen atoms in total. The molecule has 0 radical (unpaired) electrons. The molecule has 0 fully saturated rings.